The van der Waals surface area contributed by atoms with E-state index in [2.05, 4.69) is 19.2 Å². The number of aliphatic hydroxyl groups excluding tert-OH is 1. The Morgan fingerprint density at radius 2 is 1.90 bits per heavy atom. The first-order chi connectivity index (χ1) is 10.1. The van der Waals surface area contributed by atoms with E-state index in [0.717, 1.165) is 31.7 Å². The highest BCUT2D eigenvalue weighted by Crippen LogP contribution is 2.38. The van der Waals surface area contributed by atoms with Crippen LogP contribution in [-0.4, -0.2) is 24.9 Å². The van der Waals surface area contributed by atoms with Crippen LogP contribution in [0.1, 0.15) is 39.5 Å². The molecule has 0 bridgehead atoms. The lowest BCUT2D eigenvalue weighted by Gasteiger charge is -2.27. The molecule has 0 atom stereocenters. The van der Waals surface area contributed by atoms with Gasteiger partial charge in [-0.25, -0.2) is 0 Å². The van der Waals surface area contributed by atoms with Gasteiger partial charge in [0, 0.05) is 17.7 Å². The van der Waals surface area contributed by atoms with Crippen LogP contribution in [0, 0.1) is 5.41 Å². The van der Waals surface area contributed by atoms with Gasteiger partial charge in [0.15, 0.2) is 0 Å². The van der Waals surface area contributed by atoms with Gasteiger partial charge in [-0.3, -0.25) is 0 Å². The summed E-state index contributed by atoms with van der Waals surface area (Å²) in [5.74, 6) is 0.938. The molecule has 2 N–H and O–H groups in total. The van der Waals surface area contributed by atoms with E-state index in [1.54, 1.807) is 0 Å². The van der Waals surface area contributed by atoms with Crippen molar-refractivity contribution >= 4 is 0 Å². The smallest absolute Gasteiger partial charge is 0.119 e. The molecule has 0 aromatic heterocycles. The minimum Gasteiger partial charge on any atom is -0.494 e. The summed E-state index contributed by atoms with van der Waals surface area (Å²) in [6.45, 7) is 6.08. The van der Waals surface area contributed by atoms with Crippen LogP contribution in [0.5, 0.6) is 5.75 Å². The second kappa shape index (κ2) is 7.51. The summed E-state index contributed by atoms with van der Waals surface area (Å²) < 4.78 is 5.68. The van der Waals surface area contributed by atoms with E-state index in [9.17, 15) is 5.11 Å². The highest BCUT2D eigenvalue weighted by atomic mass is 16.5. The number of unbranched alkanes of at least 4 members (excludes halogenated alkanes) is 1. The van der Waals surface area contributed by atoms with Crippen LogP contribution < -0.4 is 10.1 Å². The topological polar surface area (TPSA) is 41.5 Å². The van der Waals surface area contributed by atoms with Gasteiger partial charge >= 0.3 is 0 Å². The van der Waals surface area contributed by atoms with Crippen molar-refractivity contribution in [2.24, 2.45) is 5.41 Å². The van der Waals surface area contributed by atoms with Crippen molar-refractivity contribution in [3.8, 4) is 5.75 Å². The Morgan fingerprint density at radius 3 is 2.52 bits per heavy atom. The van der Waals surface area contributed by atoms with Gasteiger partial charge in [-0.05, 0) is 43.4 Å². The van der Waals surface area contributed by atoms with Crippen molar-refractivity contribution in [1.29, 1.82) is 0 Å². The van der Waals surface area contributed by atoms with Crippen molar-refractivity contribution in [2.45, 2.75) is 39.5 Å². The average molecular weight is 289 g/mol. The van der Waals surface area contributed by atoms with Gasteiger partial charge in [0.05, 0.1) is 13.2 Å². The summed E-state index contributed by atoms with van der Waals surface area (Å²) in [7, 11) is 0. The molecular weight excluding hydrogens is 262 g/mol. The highest BCUT2D eigenvalue weighted by Gasteiger charge is 2.29. The Morgan fingerprint density at radius 1 is 1.19 bits per heavy atom. The summed E-state index contributed by atoms with van der Waals surface area (Å²) in [6.07, 6.45) is 4.47. The zero-order valence-corrected chi connectivity index (χ0v) is 13.2. The second-order valence-electron chi connectivity index (χ2n) is 6.32. The van der Waals surface area contributed by atoms with E-state index in [4.69, 9.17) is 4.74 Å². The Balaban J connectivity index is 1.64. The average Bonchev–Trinajstić information content (AvgIpc) is 3.32. The predicted molar refractivity (Wildman–Crippen MR) is 86.3 cm³/mol. The molecule has 3 nitrogen and oxygen atoms in total. The second-order valence-corrected chi connectivity index (χ2v) is 6.32. The molecule has 0 heterocycles. The lowest BCUT2D eigenvalue weighted by Crippen LogP contribution is -2.30. The van der Waals surface area contributed by atoms with Crippen molar-refractivity contribution in [1.82, 2.24) is 5.32 Å². The molecular formula is C18H27NO2. The van der Waals surface area contributed by atoms with E-state index >= 15 is 0 Å². The quantitative estimate of drug-likeness (QED) is 0.684. The van der Waals surface area contributed by atoms with Crippen LogP contribution in [0.2, 0.25) is 0 Å². The van der Waals surface area contributed by atoms with Crippen LogP contribution in [0.15, 0.2) is 41.6 Å². The van der Waals surface area contributed by atoms with Crippen molar-refractivity contribution in [3.05, 3.63) is 41.6 Å². The Hall–Kier alpha value is -1.48. The fraction of sp³-hybridized carbons (Fsp3) is 0.556. The number of nitrogens with one attached hydrogen (secondary N) is 1. The molecule has 0 unspecified atom stereocenters. The highest BCUT2D eigenvalue weighted by molar-refractivity contribution is 5.28. The fourth-order valence-corrected chi connectivity index (χ4v) is 2.38. The maximum absolute atomic E-state index is 9.51. The molecule has 0 radical (unpaired) electrons. The number of aliphatic hydroxyl groups is 1. The summed E-state index contributed by atoms with van der Waals surface area (Å²) in [4.78, 5) is 0. The molecule has 1 aromatic carbocycles. The monoisotopic (exact) mass is 289 g/mol. The number of ether oxygens (including phenoxy) is 1. The first kappa shape index (κ1) is 15.9. The van der Waals surface area contributed by atoms with E-state index in [0.29, 0.717) is 0 Å². The molecule has 0 amide bonds. The number of benzene rings is 1. The fourth-order valence-electron chi connectivity index (χ4n) is 2.38. The van der Waals surface area contributed by atoms with Gasteiger partial charge in [0.1, 0.15) is 5.75 Å². The number of hydrogen-bond acceptors (Lipinski definition) is 3. The maximum atomic E-state index is 9.51. The van der Waals surface area contributed by atoms with E-state index < -0.39 is 0 Å². The zero-order valence-electron chi connectivity index (χ0n) is 13.2. The van der Waals surface area contributed by atoms with E-state index in [1.165, 1.54) is 24.1 Å². The Labute approximate surface area is 128 Å². The summed E-state index contributed by atoms with van der Waals surface area (Å²) in [6, 6.07) is 9.94. The first-order valence-electron chi connectivity index (χ1n) is 7.88. The van der Waals surface area contributed by atoms with Crippen LogP contribution >= 0.6 is 0 Å². The number of rotatable bonds is 9. The lowest BCUT2D eigenvalue weighted by molar-refractivity contribution is 0.182. The van der Waals surface area contributed by atoms with E-state index in [-0.39, 0.29) is 12.0 Å². The molecule has 1 saturated carbocycles. The predicted octanol–water partition coefficient (Wildman–Crippen LogP) is 3.50. The van der Waals surface area contributed by atoms with Crippen LogP contribution in [-0.2, 0) is 0 Å². The zero-order chi connectivity index (χ0) is 15.1. The molecule has 21 heavy (non-hydrogen) atoms. The minimum absolute atomic E-state index is 0.146. The third-order valence-corrected chi connectivity index (χ3v) is 3.81. The van der Waals surface area contributed by atoms with Gasteiger partial charge in [-0.2, -0.15) is 0 Å². The van der Waals surface area contributed by atoms with Crippen molar-refractivity contribution < 1.29 is 9.84 Å². The third-order valence-electron chi connectivity index (χ3n) is 3.81. The third kappa shape index (κ3) is 5.09. The molecule has 1 aliphatic rings. The minimum atomic E-state index is -0.146. The van der Waals surface area contributed by atoms with Gasteiger partial charge in [-0.1, -0.05) is 32.0 Å². The summed E-state index contributed by atoms with van der Waals surface area (Å²) in [5, 5.41) is 13.0. The maximum Gasteiger partial charge on any atom is 0.119 e. The summed E-state index contributed by atoms with van der Waals surface area (Å²) >= 11 is 0. The molecule has 1 aromatic rings. The number of hydrogen-bond donors (Lipinski definition) is 2. The SMILES string of the molecule is CC(C)(CO)C(NCCCCOc1ccccc1)=C1CC1. The molecule has 1 fully saturated rings. The largest absolute Gasteiger partial charge is 0.494 e. The standard InChI is InChI=1S/C18H27NO2/c1-18(2,14-20)17(15-10-11-15)19-12-6-7-13-21-16-8-4-3-5-9-16/h3-5,8-9,19-20H,6-7,10-14H2,1-2H3. The number of allylic oxidation sites excluding steroid dienone is 1. The van der Waals surface area contributed by atoms with Crippen LogP contribution in [0.4, 0.5) is 0 Å². The van der Waals surface area contributed by atoms with Crippen LogP contribution in [0.3, 0.4) is 0 Å². The molecule has 1 aliphatic carbocycles. The lowest BCUT2D eigenvalue weighted by atomic mass is 9.89. The van der Waals surface area contributed by atoms with Crippen molar-refractivity contribution in [2.75, 3.05) is 19.8 Å². The Bertz CT molecular complexity index is 459. The Kier molecular flexibility index (Phi) is 5.68. The van der Waals surface area contributed by atoms with Gasteiger partial charge < -0.3 is 15.2 Å². The van der Waals surface area contributed by atoms with Crippen LogP contribution in [0.25, 0.3) is 0 Å². The molecule has 0 saturated heterocycles. The van der Waals surface area contributed by atoms with Gasteiger partial charge in [-0.15, -0.1) is 0 Å². The molecule has 3 heteroatoms. The van der Waals surface area contributed by atoms with Crippen molar-refractivity contribution in [3.63, 3.8) is 0 Å². The molecule has 0 aliphatic heterocycles. The van der Waals surface area contributed by atoms with Gasteiger partial charge in [0.25, 0.3) is 0 Å². The normalized spacial score (nSPS) is 14.0. The number of para-hydroxylation sites is 1. The summed E-state index contributed by atoms with van der Waals surface area (Å²) in [5.41, 5.74) is 2.59. The van der Waals surface area contributed by atoms with Gasteiger partial charge in [0.2, 0.25) is 0 Å². The van der Waals surface area contributed by atoms with E-state index in [1.807, 2.05) is 30.3 Å². The molecule has 116 valence electrons. The molecule has 2 rings (SSSR count). The first-order valence-corrected chi connectivity index (χ1v) is 7.88. The molecule has 0 spiro atoms.